The van der Waals surface area contributed by atoms with Crippen LogP contribution in [0.1, 0.15) is 34.6 Å². The van der Waals surface area contributed by atoms with Crippen molar-refractivity contribution in [2.75, 3.05) is 16.8 Å². The molecular formula is C25H21ClN2O4S. The van der Waals surface area contributed by atoms with Crippen molar-refractivity contribution in [3.05, 3.63) is 82.9 Å². The predicted molar refractivity (Wildman–Crippen MR) is 129 cm³/mol. The second-order valence-corrected chi connectivity index (χ2v) is 8.81. The first-order valence-electron chi connectivity index (χ1n) is 10.4. The molecule has 1 atom stereocenters. The molecule has 0 aliphatic carbocycles. The fourth-order valence-corrected chi connectivity index (χ4v) is 4.75. The number of carbonyl (C=O) groups excluding carboxylic acids is 3. The third kappa shape index (κ3) is 4.60. The smallest absolute Gasteiger partial charge is 0.338 e. The van der Waals surface area contributed by atoms with E-state index in [9.17, 15) is 14.4 Å². The molecule has 1 aliphatic heterocycles. The van der Waals surface area contributed by atoms with Gasteiger partial charge in [-0.1, -0.05) is 47.6 Å². The number of carbonyl (C=O) groups is 3. The van der Waals surface area contributed by atoms with Crippen LogP contribution in [0.25, 0.3) is 0 Å². The quantitative estimate of drug-likeness (QED) is 0.477. The van der Waals surface area contributed by atoms with Crippen molar-refractivity contribution < 1.29 is 19.1 Å². The number of halogens is 1. The number of nitrogens with one attached hydrogen (secondary N) is 1. The van der Waals surface area contributed by atoms with Gasteiger partial charge in [-0.2, -0.15) is 0 Å². The number of nitrogens with zero attached hydrogens (tertiary/aromatic N) is 1. The molecule has 0 saturated heterocycles. The van der Waals surface area contributed by atoms with Crippen LogP contribution in [0.4, 0.5) is 11.4 Å². The maximum absolute atomic E-state index is 13.7. The standard InChI is InChI=1S/C25H21ClN2O4S/c1-3-32-25(31)16-12-13-22-20(14-16)28(24(30)17-8-4-7-11-21(17)33-22)15(2)23(29)27-19-10-6-5-9-18(19)26/h4-15H,3H2,1-2H3,(H,27,29). The monoisotopic (exact) mass is 480 g/mol. The first kappa shape index (κ1) is 22.9. The average molecular weight is 481 g/mol. The van der Waals surface area contributed by atoms with Gasteiger partial charge in [0.25, 0.3) is 5.91 Å². The SMILES string of the molecule is CCOC(=O)c1ccc2c(c1)N(C(C)C(=O)Nc1ccccc1Cl)C(=O)c1ccccc1S2. The normalized spacial score (nSPS) is 13.4. The van der Waals surface area contributed by atoms with Gasteiger partial charge in [-0.3, -0.25) is 14.5 Å². The van der Waals surface area contributed by atoms with Gasteiger partial charge in [-0.05, 0) is 56.3 Å². The minimum atomic E-state index is -0.892. The van der Waals surface area contributed by atoms with Crippen LogP contribution >= 0.6 is 23.4 Å². The zero-order valence-electron chi connectivity index (χ0n) is 18.0. The molecule has 0 radical (unpaired) electrons. The Bertz CT molecular complexity index is 1250. The van der Waals surface area contributed by atoms with Gasteiger partial charge in [-0.25, -0.2) is 4.79 Å². The van der Waals surface area contributed by atoms with E-state index in [1.807, 2.05) is 12.1 Å². The number of esters is 1. The lowest BCUT2D eigenvalue weighted by molar-refractivity contribution is -0.117. The van der Waals surface area contributed by atoms with Crippen LogP contribution in [0.3, 0.4) is 0 Å². The highest BCUT2D eigenvalue weighted by Crippen LogP contribution is 2.42. The van der Waals surface area contributed by atoms with Gasteiger partial charge in [0.05, 0.1) is 34.1 Å². The molecular weight excluding hydrogens is 460 g/mol. The molecule has 0 saturated carbocycles. The van der Waals surface area contributed by atoms with Gasteiger partial charge >= 0.3 is 5.97 Å². The van der Waals surface area contributed by atoms with E-state index in [0.717, 1.165) is 9.79 Å². The van der Waals surface area contributed by atoms with Crippen molar-refractivity contribution in [1.82, 2.24) is 0 Å². The van der Waals surface area contributed by atoms with E-state index in [-0.39, 0.29) is 12.5 Å². The van der Waals surface area contributed by atoms with Crippen LogP contribution in [0.2, 0.25) is 5.02 Å². The van der Waals surface area contributed by atoms with Gasteiger partial charge in [0.15, 0.2) is 0 Å². The summed E-state index contributed by atoms with van der Waals surface area (Å²) in [4.78, 5) is 42.2. The number of hydrogen-bond donors (Lipinski definition) is 1. The van der Waals surface area contributed by atoms with Crippen molar-refractivity contribution >= 4 is 52.5 Å². The van der Waals surface area contributed by atoms with Gasteiger partial charge in [0.2, 0.25) is 5.91 Å². The van der Waals surface area contributed by atoms with Crippen LogP contribution in [0.15, 0.2) is 76.5 Å². The predicted octanol–water partition coefficient (Wildman–Crippen LogP) is 5.66. The minimum absolute atomic E-state index is 0.232. The number of para-hydroxylation sites is 1. The van der Waals surface area contributed by atoms with Gasteiger partial charge in [0, 0.05) is 9.79 Å². The summed E-state index contributed by atoms with van der Waals surface area (Å²) in [6.45, 7) is 3.60. The minimum Gasteiger partial charge on any atom is -0.462 e. The number of benzene rings is 3. The third-order valence-electron chi connectivity index (χ3n) is 5.18. The fourth-order valence-electron chi connectivity index (χ4n) is 3.52. The summed E-state index contributed by atoms with van der Waals surface area (Å²) >= 11 is 7.61. The molecule has 1 unspecified atom stereocenters. The van der Waals surface area contributed by atoms with Gasteiger partial charge < -0.3 is 10.1 Å². The lowest BCUT2D eigenvalue weighted by Gasteiger charge is -2.29. The van der Waals surface area contributed by atoms with Crippen molar-refractivity contribution in [3.8, 4) is 0 Å². The van der Waals surface area contributed by atoms with E-state index < -0.39 is 17.9 Å². The molecule has 6 nitrogen and oxygen atoms in total. The van der Waals surface area contributed by atoms with Gasteiger partial charge in [0.1, 0.15) is 6.04 Å². The molecule has 0 fully saturated rings. The Morgan fingerprint density at radius 1 is 1.06 bits per heavy atom. The summed E-state index contributed by atoms with van der Waals surface area (Å²) < 4.78 is 5.13. The Hall–Kier alpha value is -3.29. The molecule has 0 spiro atoms. The molecule has 4 rings (SSSR count). The Morgan fingerprint density at radius 2 is 1.79 bits per heavy atom. The zero-order chi connectivity index (χ0) is 23.5. The summed E-state index contributed by atoms with van der Waals surface area (Å²) in [5, 5.41) is 3.19. The third-order valence-corrected chi connectivity index (χ3v) is 6.65. The lowest BCUT2D eigenvalue weighted by atomic mass is 10.1. The maximum Gasteiger partial charge on any atom is 0.338 e. The Balaban J connectivity index is 1.78. The van der Waals surface area contributed by atoms with E-state index in [0.29, 0.717) is 27.5 Å². The van der Waals surface area contributed by atoms with Crippen LogP contribution in [-0.4, -0.2) is 30.4 Å². The number of rotatable bonds is 5. The van der Waals surface area contributed by atoms with E-state index in [2.05, 4.69) is 5.32 Å². The molecule has 1 heterocycles. The number of amides is 2. The summed E-state index contributed by atoms with van der Waals surface area (Å²) in [6, 6.07) is 18.3. The molecule has 1 N–H and O–H groups in total. The molecule has 0 aromatic heterocycles. The topological polar surface area (TPSA) is 75.7 Å². The number of hydrogen-bond acceptors (Lipinski definition) is 5. The summed E-state index contributed by atoms with van der Waals surface area (Å²) in [7, 11) is 0. The van der Waals surface area contributed by atoms with Crippen LogP contribution < -0.4 is 10.2 Å². The second-order valence-electron chi connectivity index (χ2n) is 7.32. The van der Waals surface area contributed by atoms with Crippen molar-refractivity contribution in [2.45, 2.75) is 29.7 Å². The van der Waals surface area contributed by atoms with E-state index in [1.54, 1.807) is 68.4 Å². The van der Waals surface area contributed by atoms with Crippen molar-refractivity contribution in [2.24, 2.45) is 0 Å². The lowest BCUT2D eigenvalue weighted by Crippen LogP contribution is -2.46. The highest BCUT2D eigenvalue weighted by Gasteiger charge is 2.34. The summed E-state index contributed by atoms with van der Waals surface area (Å²) in [5.74, 6) is -1.24. The Labute approximate surface area is 200 Å². The van der Waals surface area contributed by atoms with E-state index in [4.69, 9.17) is 16.3 Å². The van der Waals surface area contributed by atoms with E-state index in [1.165, 1.54) is 16.7 Å². The number of ether oxygens (including phenoxy) is 1. The molecule has 3 aromatic carbocycles. The maximum atomic E-state index is 13.7. The van der Waals surface area contributed by atoms with E-state index >= 15 is 0 Å². The molecule has 2 amide bonds. The van der Waals surface area contributed by atoms with Crippen molar-refractivity contribution in [3.63, 3.8) is 0 Å². The number of fused-ring (bicyclic) bond motifs is 2. The summed E-state index contributed by atoms with van der Waals surface area (Å²) in [6.07, 6.45) is 0. The Morgan fingerprint density at radius 3 is 2.55 bits per heavy atom. The molecule has 33 heavy (non-hydrogen) atoms. The highest BCUT2D eigenvalue weighted by atomic mass is 35.5. The zero-order valence-corrected chi connectivity index (χ0v) is 19.6. The highest BCUT2D eigenvalue weighted by molar-refractivity contribution is 7.99. The van der Waals surface area contributed by atoms with Gasteiger partial charge in [-0.15, -0.1) is 0 Å². The first-order chi connectivity index (χ1) is 15.9. The van der Waals surface area contributed by atoms with Crippen LogP contribution in [-0.2, 0) is 9.53 Å². The molecule has 168 valence electrons. The average Bonchev–Trinajstić information content (AvgIpc) is 2.93. The first-order valence-corrected chi connectivity index (χ1v) is 11.6. The fraction of sp³-hybridized carbons (Fsp3) is 0.160. The Kier molecular flexibility index (Phi) is 6.72. The molecule has 8 heteroatoms. The molecule has 1 aliphatic rings. The van der Waals surface area contributed by atoms with Crippen molar-refractivity contribution in [1.29, 1.82) is 0 Å². The largest absolute Gasteiger partial charge is 0.462 e. The molecule has 3 aromatic rings. The van der Waals surface area contributed by atoms with Crippen LogP contribution in [0, 0.1) is 0 Å². The molecule has 0 bridgehead atoms. The van der Waals surface area contributed by atoms with Crippen LogP contribution in [0.5, 0.6) is 0 Å². The second kappa shape index (κ2) is 9.68. The number of anilines is 2. The summed E-state index contributed by atoms with van der Waals surface area (Å²) in [5.41, 5.74) is 1.70.